The van der Waals surface area contributed by atoms with Crippen molar-refractivity contribution in [3.05, 3.63) is 35.4 Å². The zero-order valence-corrected chi connectivity index (χ0v) is 16.6. The van der Waals surface area contributed by atoms with Gasteiger partial charge in [-0.05, 0) is 57.2 Å². The number of sulfonamides is 1. The first-order valence-electron chi connectivity index (χ1n) is 9.14. The fourth-order valence-electron chi connectivity index (χ4n) is 3.11. The van der Waals surface area contributed by atoms with Crippen LogP contribution < -0.4 is 10.0 Å². The van der Waals surface area contributed by atoms with E-state index in [1.807, 2.05) is 6.92 Å². The smallest absolute Gasteiger partial charge is 0.335 e. The third-order valence-corrected chi connectivity index (χ3v) is 5.96. The Balaban J connectivity index is 2.19. The van der Waals surface area contributed by atoms with Crippen LogP contribution in [0, 0.1) is 0 Å². The predicted molar refractivity (Wildman–Crippen MR) is 105 cm³/mol. The van der Waals surface area contributed by atoms with Gasteiger partial charge in [-0.25, -0.2) is 17.9 Å². The average Bonchev–Trinajstić information content (AvgIpc) is 2.62. The molecular formula is C19H28N2O5S. The maximum atomic E-state index is 12.8. The van der Waals surface area contributed by atoms with Crippen molar-refractivity contribution >= 4 is 21.7 Å². The van der Waals surface area contributed by atoms with Crippen LogP contribution in [0.4, 0.5) is 5.69 Å². The first-order chi connectivity index (χ1) is 12.8. The number of ether oxygens (including phenoxy) is 1. The van der Waals surface area contributed by atoms with Gasteiger partial charge < -0.3 is 15.2 Å². The minimum absolute atomic E-state index is 0.0667. The van der Waals surface area contributed by atoms with Gasteiger partial charge in [-0.15, -0.1) is 0 Å². The SMILES string of the molecule is COCC(C)Nc1ccc(C(=O)O)cc1S(=O)(=O)NCCC1=CCCCC1. The van der Waals surface area contributed by atoms with Crippen LogP contribution in [0.2, 0.25) is 0 Å². The lowest BCUT2D eigenvalue weighted by molar-refractivity contribution is 0.0696. The minimum Gasteiger partial charge on any atom is -0.478 e. The molecule has 1 aromatic carbocycles. The van der Waals surface area contributed by atoms with Gasteiger partial charge in [0.05, 0.1) is 17.9 Å². The number of anilines is 1. The average molecular weight is 397 g/mol. The van der Waals surface area contributed by atoms with Crippen molar-refractivity contribution in [2.24, 2.45) is 0 Å². The Bertz CT molecular complexity index is 789. The van der Waals surface area contributed by atoms with E-state index < -0.39 is 16.0 Å². The molecular weight excluding hydrogens is 368 g/mol. The number of methoxy groups -OCH3 is 1. The van der Waals surface area contributed by atoms with Gasteiger partial charge in [0, 0.05) is 19.7 Å². The molecule has 0 bridgehead atoms. The Morgan fingerprint density at radius 3 is 2.74 bits per heavy atom. The summed E-state index contributed by atoms with van der Waals surface area (Å²) in [6, 6.07) is 3.92. The van der Waals surface area contributed by atoms with Crippen LogP contribution >= 0.6 is 0 Å². The summed E-state index contributed by atoms with van der Waals surface area (Å²) in [5.41, 5.74) is 1.56. The molecule has 0 saturated carbocycles. The highest BCUT2D eigenvalue weighted by molar-refractivity contribution is 7.89. The summed E-state index contributed by atoms with van der Waals surface area (Å²) >= 11 is 0. The Morgan fingerprint density at radius 2 is 2.11 bits per heavy atom. The van der Waals surface area contributed by atoms with Crippen molar-refractivity contribution in [1.29, 1.82) is 0 Å². The molecule has 0 aliphatic heterocycles. The minimum atomic E-state index is -3.85. The van der Waals surface area contributed by atoms with Crippen LogP contribution in [0.15, 0.2) is 34.7 Å². The van der Waals surface area contributed by atoms with Gasteiger partial charge in [0.15, 0.2) is 0 Å². The second-order valence-corrected chi connectivity index (χ2v) is 8.51. The Hall–Kier alpha value is -1.90. The number of benzene rings is 1. The van der Waals surface area contributed by atoms with Crippen LogP contribution in [0.25, 0.3) is 0 Å². The molecule has 27 heavy (non-hydrogen) atoms. The highest BCUT2D eigenvalue weighted by Gasteiger charge is 2.21. The van der Waals surface area contributed by atoms with E-state index in [0.717, 1.165) is 19.3 Å². The lowest BCUT2D eigenvalue weighted by atomic mass is 9.97. The van der Waals surface area contributed by atoms with Gasteiger partial charge in [0.2, 0.25) is 10.0 Å². The number of allylic oxidation sites excluding steroid dienone is 1. The number of hydrogen-bond donors (Lipinski definition) is 3. The number of aromatic carboxylic acids is 1. The molecule has 7 nitrogen and oxygen atoms in total. The molecule has 0 fully saturated rings. The number of hydrogen-bond acceptors (Lipinski definition) is 5. The van der Waals surface area contributed by atoms with E-state index in [9.17, 15) is 18.3 Å². The quantitative estimate of drug-likeness (QED) is 0.525. The third kappa shape index (κ3) is 6.34. The Kier molecular flexibility index (Phi) is 7.82. The molecule has 3 N–H and O–H groups in total. The van der Waals surface area contributed by atoms with E-state index in [2.05, 4.69) is 16.1 Å². The maximum Gasteiger partial charge on any atom is 0.335 e. The van der Waals surface area contributed by atoms with Crippen LogP contribution in [-0.4, -0.2) is 45.8 Å². The van der Waals surface area contributed by atoms with Crippen molar-refractivity contribution in [3.63, 3.8) is 0 Å². The van der Waals surface area contributed by atoms with Gasteiger partial charge in [0.1, 0.15) is 4.90 Å². The summed E-state index contributed by atoms with van der Waals surface area (Å²) in [6.45, 7) is 2.54. The van der Waals surface area contributed by atoms with Crippen molar-refractivity contribution in [2.75, 3.05) is 25.6 Å². The number of carbonyl (C=O) groups is 1. The highest BCUT2D eigenvalue weighted by atomic mass is 32.2. The molecule has 150 valence electrons. The summed E-state index contributed by atoms with van der Waals surface area (Å²) in [7, 11) is -2.29. The number of rotatable bonds is 10. The zero-order chi connectivity index (χ0) is 19.9. The molecule has 0 amide bonds. The second kappa shape index (κ2) is 9.87. The summed E-state index contributed by atoms with van der Waals surface area (Å²) in [4.78, 5) is 11.2. The zero-order valence-electron chi connectivity index (χ0n) is 15.8. The van der Waals surface area contributed by atoms with Crippen molar-refractivity contribution in [2.45, 2.75) is 50.0 Å². The van der Waals surface area contributed by atoms with E-state index in [1.54, 1.807) is 7.11 Å². The second-order valence-electron chi connectivity index (χ2n) is 6.77. The molecule has 1 aromatic rings. The Morgan fingerprint density at radius 1 is 1.33 bits per heavy atom. The van der Waals surface area contributed by atoms with Gasteiger partial charge in [0.25, 0.3) is 0 Å². The summed E-state index contributed by atoms with van der Waals surface area (Å²) in [6.07, 6.45) is 7.24. The van der Waals surface area contributed by atoms with Crippen molar-refractivity contribution in [3.8, 4) is 0 Å². The number of nitrogens with one attached hydrogen (secondary N) is 2. The first kappa shape index (κ1) is 21.4. The summed E-state index contributed by atoms with van der Waals surface area (Å²) < 4.78 is 33.3. The molecule has 1 atom stereocenters. The van der Waals surface area contributed by atoms with Crippen molar-refractivity contribution in [1.82, 2.24) is 4.72 Å². The fourth-order valence-corrected chi connectivity index (χ4v) is 4.33. The third-order valence-electron chi connectivity index (χ3n) is 4.46. The van der Waals surface area contributed by atoms with Gasteiger partial charge >= 0.3 is 5.97 Å². The van der Waals surface area contributed by atoms with E-state index >= 15 is 0 Å². The van der Waals surface area contributed by atoms with Crippen LogP contribution in [0.3, 0.4) is 0 Å². The molecule has 8 heteroatoms. The van der Waals surface area contributed by atoms with E-state index in [0.29, 0.717) is 25.3 Å². The molecule has 1 aliphatic rings. The molecule has 0 aromatic heterocycles. The van der Waals surface area contributed by atoms with E-state index in [-0.39, 0.29) is 16.5 Å². The normalized spacial score (nSPS) is 15.9. The van der Waals surface area contributed by atoms with Gasteiger partial charge in [-0.1, -0.05) is 11.6 Å². The topological polar surface area (TPSA) is 105 Å². The first-order valence-corrected chi connectivity index (χ1v) is 10.6. The van der Waals surface area contributed by atoms with Gasteiger partial charge in [-0.2, -0.15) is 0 Å². The molecule has 1 aliphatic carbocycles. The summed E-state index contributed by atoms with van der Waals surface area (Å²) in [5, 5.41) is 12.3. The van der Waals surface area contributed by atoms with Crippen LogP contribution in [-0.2, 0) is 14.8 Å². The largest absolute Gasteiger partial charge is 0.478 e. The van der Waals surface area contributed by atoms with E-state index in [1.165, 1.54) is 30.2 Å². The van der Waals surface area contributed by atoms with Crippen LogP contribution in [0.5, 0.6) is 0 Å². The van der Waals surface area contributed by atoms with Crippen LogP contribution in [0.1, 0.15) is 49.4 Å². The monoisotopic (exact) mass is 396 g/mol. The lowest BCUT2D eigenvalue weighted by Crippen LogP contribution is -2.28. The molecule has 2 rings (SSSR count). The van der Waals surface area contributed by atoms with E-state index in [4.69, 9.17) is 4.74 Å². The molecule has 0 saturated heterocycles. The maximum absolute atomic E-state index is 12.8. The molecule has 0 heterocycles. The highest BCUT2D eigenvalue weighted by Crippen LogP contribution is 2.25. The fraction of sp³-hybridized carbons (Fsp3) is 0.526. The number of carboxylic acid groups (broad SMARTS) is 1. The predicted octanol–water partition coefficient (Wildman–Crippen LogP) is 3.00. The number of carboxylic acids is 1. The molecule has 1 unspecified atom stereocenters. The molecule has 0 radical (unpaired) electrons. The Labute approximate surface area is 160 Å². The lowest BCUT2D eigenvalue weighted by Gasteiger charge is -2.19. The standard InChI is InChI=1S/C19H28N2O5S/c1-14(13-26-2)21-17-9-8-16(19(22)23)12-18(17)27(24,25)20-11-10-15-6-4-3-5-7-15/h6,8-9,12,14,20-21H,3-5,7,10-11,13H2,1-2H3,(H,22,23). The molecule has 0 spiro atoms. The van der Waals surface area contributed by atoms with Crippen molar-refractivity contribution < 1.29 is 23.1 Å². The summed E-state index contributed by atoms with van der Waals surface area (Å²) in [5.74, 6) is -1.17. The van der Waals surface area contributed by atoms with Gasteiger partial charge in [-0.3, -0.25) is 0 Å².